The van der Waals surface area contributed by atoms with Gasteiger partial charge in [-0.05, 0) is 41.8 Å². The molecule has 0 saturated carbocycles. The molecule has 4 heterocycles. The Kier molecular flexibility index (Phi) is 5.19. The number of rotatable bonds is 4. The maximum atomic E-state index is 12.4. The fraction of sp³-hybridized carbons (Fsp3) is 0.318. The Morgan fingerprint density at radius 3 is 2.90 bits per heavy atom. The van der Waals surface area contributed by atoms with E-state index >= 15 is 0 Å². The number of amides is 2. The molecule has 8 nitrogen and oxygen atoms in total. The van der Waals surface area contributed by atoms with Gasteiger partial charge in [0.25, 0.3) is 0 Å². The van der Waals surface area contributed by atoms with E-state index in [4.69, 9.17) is 9.47 Å². The fourth-order valence-electron chi connectivity index (χ4n) is 3.94. The number of ether oxygens (including phenoxy) is 2. The zero-order valence-corrected chi connectivity index (χ0v) is 17.9. The predicted molar refractivity (Wildman–Crippen MR) is 119 cm³/mol. The highest BCUT2D eigenvalue weighted by atomic mass is 32.2. The second kappa shape index (κ2) is 8.14. The lowest BCUT2D eigenvalue weighted by atomic mass is 10.0. The summed E-state index contributed by atoms with van der Waals surface area (Å²) in [5.41, 5.74) is 4.17. The third kappa shape index (κ3) is 3.93. The van der Waals surface area contributed by atoms with Crippen LogP contribution in [-0.4, -0.2) is 49.3 Å². The van der Waals surface area contributed by atoms with Crippen LogP contribution in [0.5, 0.6) is 5.75 Å². The van der Waals surface area contributed by atoms with Crippen molar-refractivity contribution in [3.63, 3.8) is 0 Å². The Bertz CT molecular complexity index is 1060. The fourth-order valence-corrected chi connectivity index (χ4v) is 5.08. The van der Waals surface area contributed by atoms with E-state index in [1.165, 1.54) is 17.4 Å². The Morgan fingerprint density at radius 2 is 2.10 bits per heavy atom. The number of cyclic esters (lactones) is 1. The Hall–Kier alpha value is -3.20. The van der Waals surface area contributed by atoms with Crippen LogP contribution in [0, 0.1) is 0 Å². The first kappa shape index (κ1) is 19.7. The molecule has 1 aromatic heterocycles. The molecule has 3 aliphatic heterocycles. The molecule has 160 valence electrons. The van der Waals surface area contributed by atoms with E-state index in [1.54, 1.807) is 29.2 Å². The summed E-state index contributed by atoms with van der Waals surface area (Å²) in [7, 11) is 0. The molecule has 0 radical (unpaired) electrons. The van der Waals surface area contributed by atoms with E-state index in [9.17, 15) is 9.59 Å². The number of hydrogen-bond acceptors (Lipinski definition) is 7. The zero-order chi connectivity index (χ0) is 21.4. The summed E-state index contributed by atoms with van der Waals surface area (Å²) in [5, 5.41) is 2.70. The molecule has 3 aliphatic rings. The Balaban J connectivity index is 1.36. The number of nitrogens with zero attached hydrogens (tertiary/aromatic N) is 3. The molecule has 1 saturated heterocycles. The minimum atomic E-state index is -0.413. The molecule has 0 spiro atoms. The number of anilines is 2. The van der Waals surface area contributed by atoms with Crippen molar-refractivity contribution in [3.8, 4) is 5.75 Å². The van der Waals surface area contributed by atoms with Crippen molar-refractivity contribution < 1.29 is 19.1 Å². The first-order valence-corrected chi connectivity index (χ1v) is 10.9. The minimum Gasteiger partial charge on any atom is -0.493 e. The Labute approximate surface area is 184 Å². The van der Waals surface area contributed by atoms with Crippen LogP contribution in [-0.2, 0) is 9.53 Å². The van der Waals surface area contributed by atoms with Gasteiger partial charge in [-0.15, -0.1) is 0 Å². The number of fused-ring (bicyclic) bond motifs is 2. The smallest absolute Gasteiger partial charge is 0.414 e. The van der Waals surface area contributed by atoms with Gasteiger partial charge >= 0.3 is 6.09 Å². The number of pyridine rings is 1. The van der Waals surface area contributed by atoms with Gasteiger partial charge in [0, 0.05) is 42.3 Å². The average molecular weight is 439 g/mol. The van der Waals surface area contributed by atoms with Crippen molar-refractivity contribution in [2.75, 3.05) is 35.4 Å². The van der Waals surface area contributed by atoms with Gasteiger partial charge < -0.3 is 19.1 Å². The molecule has 1 fully saturated rings. The third-order valence-corrected chi connectivity index (χ3v) is 6.68. The quantitative estimate of drug-likeness (QED) is 0.734. The topological polar surface area (TPSA) is 84.0 Å². The minimum absolute atomic E-state index is 0.146. The van der Waals surface area contributed by atoms with Gasteiger partial charge in [0.15, 0.2) is 0 Å². The van der Waals surface area contributed by atoms with Gasteiger partial charge in [-0.25, -0.2) is 4.79 Å². The van der Waals surface area contributed by atoms with Crippen LogP contribution >= 0.6 is 11.9 Å². The molecule has 1 unspecified atom stereocenters. The molecule has 1 aromatic carbocycles. The van der Waals surface area contributed by atoms with Crippen molar-refractivity contribution in [3.05, 3.63) is 53.2 Å². The molecular weight excluding hydrogens is 416 g/mol. The molecule has 1 N–H and O–H groups in total. The molecule has 2 aromatic rings. The largest absolute Gasteiger partial charge is 0.493 e. The number of carbonyl (C=O) groups excluding carboxylic acids is 2. The Morgan fingerprint density at radius 1 is 1.26 bits per heavy atom. The number of nitrogens with one attached hydrogen (secondary N) is 1. The van der Waals surface area contributed by atoms with E-state index in [-0.39, 0.29) is 12.0 Å². The number of benzene rings is 1. The molecule has 5 rings (SSSR count). The molecule has 0 bridgehead atoms. The van der Waals surface area contributed by atoms with Crippen LogP contribution in [0.15, 0.2) is 47.6 Å². The van der Waals surface area contributed by atoms with E-state index in [0.717, 1.165) is 35.7 Å². The van der Waals surface area contributed by atoms with Crippen LogP contribution in [0.1, 0.15) is 18.9 Å². The maximum Gasteiger partial charge on any atom is 0.414 e. The highest BCUT2D eigenvalue weighted by molar-refractivity contribution is 8.04. The lowest BCUT2D eigenvalue weighted by Gasteiger charge is -2.19. The van der Waals surface area contributed by atoms with Crippen LogP contribution < -0.4 is 19.3 Å². The molecule has 9 heteroatoms. The van der Waals surface area contributed by atoms with Crippen molar-refractivity contribution in [1.82, 2.24) is 10.3 Å². The summed E-state index contributed by atoms with van der Waals surface area (Å²) in [5.74, 6) is 0.630. The predicted octanol–water partition coefficient (Wildman–Crippen LogP) is 3.20. The summed E-state index contributed by atoms with van der Waals surface area (Å²) in [4.78, 5) is 30.5. The zero-order valence-electron chi connectivity index (χ0n) is 17.0. The molecule has 0 aliphatic carbocycles. The molecule has 31 heavy (non-hydrogen) atoms. The number of hydrogen-bond donors (Lipinski definition) is 1. The van der Waals surface area contributed by atoms with Crippen molar-refractivity contribution in [2.24, 2.45) is 0 Å². The van der Waals surface area contributed by atoms with Gasteiger partial charge in [0.1, 0.15) is 11.9 Å². The van der Waals surface area contributed by atoms with E-state index in [2.05, 4.69) is 14.6 Å². The SMILES string of the molecule is CC(=O)NCC1CN(c2ccc3c(c2)OCCC2=C3CN(c3ccncc3)S2)C(=O)O1. The van der Waals surface area contributed by atoms with E-state index < -0.39 is 6.09 Å². The summed E-state index contributed by atoms with van der Waals surface area (Å²) >= 11 is 1.75. The summed E-state index contributed by atoms with van der Waals surface area (Å²) < 4.78 is 13.7. The number of aromatic nitrogens is 1. The van der Waals surface area contributed by atoms with Crippen molar-refractivity contribution in [1.29, 1.82) is 0 Å². The normalized spacial score (nSPS) is 20.0. The van der Waals surface area contributed by atoms with E-state index in [1.807, 2.05) is 30.3 Å². The molecule has 2 amide bonds. The molecular formula is C22H22N4O4S. The summed E-state index contributed by atoms with van der Waals surface area (Å²) in [6, 6.07) is 9.88. The van der Waals surface area contributed by atoms with Crippen LogP contribution in [0.25, 0.3) is 5.57 Å². The lowest BCUT2D eigenvalue weighted by molar-refractivity contribution is -0.119. The average Bonchev–Trinajstić information content (AvgIpc) is 3.32. The lowest BCUT2D eigenvalue weighted by Crippen LogP contribution is -2.33. The molecule has 1 atom stereocenters. The van der Waals surface area contributed by atoms with Crippen molar-refractivity contribution in [2.45, 2.75) is 19.4 Å². The highest BCUT2D eigenvalue weighted by Gasteiger charge is 2.34. The van der Waals surface area contributed by atoms with Crippen molar-refractivity contribution >= 4 is 40.9 Å². The second-order valence-electron chi connectivity index (χ2n) is 7.57. The maximum absolute atomic E-state index is 12.4. The second-order valence-corrected chi connectivity index (χ2v) is 8.68. The highest BCUT2D eigenvalue weighted by Crippen LogP contribution is 2.47. The van der Waals surface area contributed by atoms with Crippen LogP contribution in [0.2, 0.25) is 0 Å². The van der Waals surface area contributed by atoms with Gasteiger partial charge in [-0.1, -0.05) is 0 Å². The summed E-state index contributed by atoms with van der Waals surface area (Å²) in [6.07, 6.45) is 3.67. The van der Waals surface area contributed by atoms with Gasteiger partial charge in [-0.2, -0.15) is 0 Å². The monoisotopic (exact) mass is 438 g/mol. The third-order valence-electron chi connectivity index (χ3n) is 5.45. The summed E-state index contributed by atoms with van der Waals surface area (Å²) in [6.45, 7) is 3.50. The number of carbonyl (C=O) groups is 2. The van der Waals surface area contributed by atoms with Gasteiger partial charge in [-0.3, -0.25) is 14.7 Å². The van der Waals surface area contributed by atoms with E-state index in [0.29, 0.717) is 19.7 Å². The first-order valence-electron chi connectivity index (χ1n) is 10.2. The van der Waals surface area contributed by atoms with Gasteiger partial charge in [0.2, 0.25) is 5.91 Å². The standard InChI is InChI=1S/C22H22N4O4S/c1-14(27)24-11-17-12-25(22(28)30-17)16-2-3-18-19-13-26(15-4-7-23-8-5-15)31-21(19)6-9-29-20(18)10-16/h2-5,7-8,10,17H,6,9,11-13H2,1H3,(H,24,27). The van der Waals surface area contributed by atoms with Gasteiger partial charge in [0.05, 0.1) is 37.6 Å². The van der Waals surface area contributed by atoms with Crippen LogP contribution in [0.3, 0.4) is 0 Å². The first-order chi connectivity index (χ1) is 15.1. The van der Waals surface area contributed by atoms with Crippen LogP contribution in [0.4, 0.5) is 16.2 Å².